The van der Waals surface area contributed by atoms with Gasteiger partial charge in [0.1, 0.15) is 0 Å². The highest BCUT2D eigenvalue weighted by molar-refractivity contribution is 5.96. The Morgan fingerprint density at radius 1 is 1.39 bits per heavy atom. The molecule has 1 amide bonds. The molecule has 1 rings (SSSR count). The maximum Gasteiger partial charge on any atom is 0.368 e. The number of nitrogens with one attached hydrogen (secondary N) is 1. The van der Waals surface area contributed by atoms with E-state index in [2.05, 4.69) is 19.8 Å². The lowest BCUT2D eigenvalue weighted by Gasteiger charge is -2.15. The number of amides is 1. The van der Waals surface area contributed by atoms with Crippen molar-refractivity contribution in [1.82, 2.24) is 10.3 Å². The van der Waals surface area contributed by atoms with Crippen LogP contribution in [0.5, 0.6) is 0 Å². The lowest BCUT2D eigenvalue weighted by Crippen LogP contribution is -2.44. The highest BCUT2D eigenvalue weighted by Gasteiger charge is 2.24. The van der Waals surface area contributed by atoms with Crippen LogP contribution in [0.25, 0.3) is 0 Å². The molecule has 0 bridgehead atoms. The number of aromatic nitrogens is 1. The Morgan fingerprint density at radius 2 is 2.11 bits per heavy atom. The van der Waals surface area contributed by atoms with Crippen LogP contribution in [-0.4, -0.2) is 36.2 Å². The number of nitrogens with zero attached hydrogens (tertiary/aromatic N) is 1. The molecule has 7 nitrogen and oxygen atoms in total. The molecule has 0 aliphatic rings. The Kier molecular flexibility index (Phi) is 4.79. The SMILES string of the molecule is COC(=O)C(NC(=O)c1cccnc1)OC(C)=O. The predicted molar refractivity (Wildman–Crippen MR) is 59.3 cm³/mol. The summed E-state index contributed by atoms with van der Waals surface area (Å²) in [6.45, 7) is 1.12. The minimum atomic E-state index is -1.47. The van der Waals surface area contributed by atoms with Gasteiger partial charge in [0.2, 0.25) is 0 Å². The van der Waals surface area contributed by atoms with Crippen molar-refractivity contribution in [3.05, 3.63) is 30.1 Å². The molecule has 0 saturated heterocycles. The van der Waals surface area contributed by atoms with Gasteiger partial charge in [0.05, 0.1) is 12.7 Å². The molecular weight excluding hydrogens is 240 g/mol. The minimum absolute atomic E-state index is 0.235. The zero-order valence-corrected chi connectivity index (χ0v) is 9.88. The Labute approximate surface area is 103 Å². The smallest absolute Gasteiger partial charge is 0.368 e. The summed E-state index contributed by atoms with van der Waals surface area (Å²) < 4.78 is 9.03. The van der Waals surface area contributed by atoms with Crippen LogP contribution in [0.15, 0.2) is 24.5 Å². The molecular formula is C11H12N2O5. The van der Waals surface area contributed by atoms with E-state index in [1.54, 1.807) is 6.07 Å². The molecule has 0 fully saturated rings. The molecule has 18 heavy (non-hydrogen) atoms. The lowest BCUT2D eigenvalue weighted by molar-refractivity contribution is -0.166. The molecule has 1 aromatic heterocycles. The quantitative estimate of drug-likeness (QED) is 0.592. The van der Waals surface area contributed by atoms with Crippen molar-refractivity contribution in [2.24, 2.45) is 0 Å². The molecule has 0 aromatic carbocycles. The number of esters is 2. The second-order valence-electron chi connectivity index (χ2n) is 3.23. The summed E-state index contributed by atoms with van der Waals surface area (Å²) in [5.74, 6) is -2.18. The maximum absolute atomic E-state index is 11.7. The molecule has 7 heteroatoms. The van der Waals surface area contributed by atoms with Gasteiger partial charge in [-0.1, -0.05) is 0 Å². The van der Waals surface area contributed by atoms with Crippen LogP contribution in [0, 0.1) is 0 Å². The van der Waals surface area contributed by atoms with Crippen LogP contribution in [0.1, 0.15) is 17.3 Å². The van der Waals surface area contributed by atoms with Gasteiger partial charge in [0, 0.05) is 19.3 Å². The van der Waals surface area contributed by atoms with Crippen molar-refractivity contribution in [3.63, 3.8) is 0 Å². The number of pyridine rings is 1. The number of carbonyl (C=O) groups is 3. The van der Waals surface area contributed by atoms with Crippen LogP contribution in [0.4, 0.5) is 0 Å². The predicted octanol–water partition coefficient (Wildman–Crippen LogP) is -0.126. The number of ether oxygens (including phenoxy) is 2. The van der Waals surface area contributed by atoms with E-state index in [1.165, 1.54) is 18.5 Å². The Hall–Kier alpha value is -2.44. The fraction of sp³-hybridized carbons (Fsp3) is 0.273. The molecule has 1 atom stereocenters. The van der Waals surface area contributed by atoms with Gasteiger partial charge < -0.3 is 14.8 Å². The third kappa shape index (κ3) is 3.85. The van der Waals surface area contributed by atoms with E-state index in [1.807, 2.05) is 0 Å². The van der Waals surface area contributed by atoms with Gasteiger partial charge in [-0.2, -0.15) is 0 Å². The molecule has 0 aliphatic carbocycles. The summed E-state index contributed by atoms with van der Waals surface area (Å²) in [6, 6.07) is 3.07. The first-order valence-corrected chi connectivity index (χ1v) is 5.00. The van der Waals surface area contributed by atoms with E-state index in [0.717, 1.165) is 14.0 Å². The van der Waals surface area contributed by atoms with Crippen LogP contribution in [0.3, 0.4) is 0 Å². The first kappa shape index (κ1) is 13.6. The topological polar surface area (TPSA) is 94.6 Å². The van der Waals surface area contributed by atoms with Gasteiger partial charge in [-0.05, 0) is 12.1 Å². The second kappa shape index (κ2) is 6.33. The van der Waals surface area contributed by atoms with E-state index in [4.69, 9.17) is 0 Å². The standard InChI is InChI=1S/C11H12N2O5/c1-7(14)18-10(11(16)17-2)13-9(15)8-4-3-5-12-6-8/h3-6,10H,1-2H3,(H,13,15). The number of rotatable bonds is 4. The summed E-state index contributed by atoms with van der Waals surface area (Å²) in [5.41, 5.74) is 0.235. The van der Waals surface area contributed by atoms with Crippen molar-refractivity contribution in [1.29, 1.82) is 0 Å². The fourth-order valence-electron chi connectivity index (χ4n) is 1.11. The highest BCUT2D eigenvalue weighted by Crippen LogP contribution is 1.99. The lowest BCUT2D eigenvalue weighted by atomic mass is 10.2. The summed E-state index contributed by atoms with van der Waals surface area (Å²) in [5, 5.41) is 2.22. The fourth-order valence-corrected chi connectivity index (χ4v) is 1.11. The molecule has 1 heterocycles. The second-order valence-corrected chi connectivity index (χ2v) is 3.23. The van der Waals surface area contributed by atoms with Gasteiger partial charge in [-0.3, -0.25) is 14.6 Å². The van der Waals surface area contributed by atoms with Crippen molar-refractivity contribution in [3.8, 4) is 0 Å². The highest BCUT2D eigenvalue weighted by atomic mass is 16.6. The van der Waals surface area contributed by atoms with Gasteiger partial charge in [-0.15, -0.1) is 0 Å². The molecule has 1 aromatic rings. The van der Waals surface area contributed by atoms with Gasteiger partial charge in [-0.25, -0.2) is 4.79 Å². The van der Waals surface area contributed by atoms with E-state index in [0.29, 0.717) is 0 Å². The van der Waals surface area contributed by atoms with Gasteiger partial charge in [0.25, 0.3) is 12.1 Å². The monoisotopic (exact) mass is 252 g/mol. The zero-order valence-electron chi connectivity index (χ0n) is 9.88. The van der Waals surface area contributed by atoms with Crippen LogP contribution < -0.4 is 5.32 Å². The number of carbonyl (C=O) groups excluding carboxylic acids is 3. The Morgan fingerprint density at radius 3 is 2.61 bits per heavy atom. The molecule has 1 unspecified atom stereocenters. The Bertz CT molecular complexity index is 446. The van der Waals surface area contributed by atoms with Crippen molar-refractivity contribution in [2.45, 2.75) is 13.2 Å². The van der Waals surface area contributed by atoms with E-state index in [-0.39, 0.29) is 5.56 Å². The molecule has 96 valence electrons. The van der Waals surface area contributed by atoms with Gasteiger partial charge in [0.15, 0.2) is 0 Å². The first-order valence-electron chi connectivity index (χ1n) is 5.00. The van der Waals surface area contributed by atoms with Crippen molar-refractivity contribution >= 4 is 17.8 Å². The largest absolute Gasteiger partial charge is 0.465 e. The maximum atomic E-state index is 11.7. The number of methoxy groups -OCH3 is 1. The summed E-state index contributed by atoms with van der Waals surface area (Å²) in [7, 11) is 1.12. The third-order valence-corrected chi connectivity index (χ3v) is 1.88. The van der Waals surface area contributed by atoms with E-state index < -0.39 is 24.1 Å². The average Bonchev–Trinajstić information content (AvgIpc) is 2.37. The minimum Gasteiger partial charge on any atom is -0.465 e. The summed E-state index contributed by atoms with van der Waals surface area (Å²) in [6.07, 6.45) is 1.35. The van der Waals surface area contributed by atoms with E-state index >= 15 is 0 Å². The molecule has 0 aliphatic heterocycles. The molecule has 0 radical (unpaired) electrons. The molecule has 0 spiro atoms. The Balaban J connectivity index is 2.74. The summed E-state index contributed by atoms with van der Waals surface area (Å²) >= 11 is 0. The van der Waals surface area contributed by atoms with Crippen LogP contribution in [0.2, 0.25) is 0 Å². The average molecular weight is 252 g/mol. The first-order chi connectivity index (χ1) is 8.54. The van der Waals surface area contributed by atoms with E-state index in [9.17, 15) is 14.4 Å². The van der Waals surface area contributed by atoms with Crippen LogP contribution in [-0.2, 0) is 19.1 Å². The molecule has 0 saturated carbocycles. The summed E-state index contributed by atoms with van der Waals surface area (Å²) in [4.78, 5) is 37.5. The van der Waals surface area contributed by atoms with Crippen LogP contribution >= 0.6 is 0 Å². The van der Waals surface area contributed by atoms with Gasteiger partial charge >= 0.3 is 11.9 Å². The third-order valence-electron chi connectivity index (χ3n) is 1.88. The van der Waals surface area contributed by atoms with Crippen molar-refractivity contribution < 1.29 is 23.9 Å². The normalized spacial score (nSPS) is 11.2. The van der Waals surface area contributed by atoms with Crippen molar-refractivity contribution in [2.75, 3.05) is 7.11 Å². The number of hydrogen-bond acceptors (Lipinski definition) is 6. The molecule has 1 N–H and O–H groups in total. The zero-order chi connectivity index (χ0) is 13.5. The number of hydrogen-bond donors (Lipinski definition) is 1.